The largest absolute Gasteiger partial charge is 0.399 e. The van der Waals surface area contributed by atoms with Gasteiger partial charge in [0.1, 0.15) is 0 Å². The van der Waals surface area contributed by atoms with Crippen molar-refractivity contribution in [3.8, 4) is 0 Å². The molecule has 1 aliphatic rings. The highest BCUT2D eigenvalue weighted by Crippen LogP contribution is 2.34. The average molecular weight is 166 g/mol. The molecule has 1 rings (SSSR count). The van der Waals surface area contributed by atoms with Crippen LogP contribution in [0.25, 0.3) is 0 Å². The summed E-state index contributed by atoms with van der Waals surface area (Å²) in [6.45, 7) is 6.44. The minimum Gasteiger partial charge on any atom is -0.399 e. The fourth-order valence-corrected chi connectivity index (χ4v) is 1.22. The molecule has 0 saturated carbocycles. The second-order valence-electron chi connectivity index (χ2n) is 4.53. The van der Waals surface area contributed by atoms with Crippen LogP contribution < -0.4 is 11.5 Å². The molecule has 0 aromatic heterocycles. The van der Waals surface area contributed by atoms with Crippen LogP contribution in [0.3, 0.4) is 0 Å². The van der Waals surface area contributed by atoms with Gasteiger partial charge >= 0.3 is 0 Å². The zero-order valence-corrected chi connectivity index (χ0v) is 8.09. The first-order chi connectivity index (χ1) is 5.35. The fraction of sp³-hybridized carbons (Fsp3) is 0.600. The van der Waals surface area contributed by atoms with Crippen molar-refractivity contribution >= 4 is 0 Å². The van der Waals surface area contributed by atoms with E-state index < -0.39 is 0 Å². The fourth-order valence-electron chi connectivity index (χ4n) is 1.22. The van der Waals surface area contributed by atoms with Gasteiger partial charge in [-0.2, -0.15) is 0 Å². The van der Waals surface area contributed by atoms with Gasteiger partial charge in [0.15, 0.2) is 0 Å². The molecule has 0 amide bonds. The molecule has 12 heavy (non-hydrogen) atoms. The van der Waals surface area contributed by atoms with Crippen LogP contribution in [0.5, 0.6) is 0 Å². The molecule has 0 aromatic rings. The lowest BCUT2D eigenvalue weighted by molar-refractivity contribution is 0.241. The molecule has 0 bridgehead atoms. The van der Waals surface area contributed by atoms with Crippen LogP contribution in [0.1, 0.15) is 27.2 Å². The van der Waals surface area contributed by atoms with Crippen LogP contribution in [0, 0.1) is 5.41 Å². The van der Waals surface area contributed by atoms with Crippen LogP contribution in [0.2, 0.25) is 0 Å². The maximum Gasteiger partial charge on any atom is 0.0427 e. The van der Waals surface area contributed by atoms with Gasteiger partial charge < -0.3 is 11.5 Å². The first-order valence-corrected chi connectivity index (χ1v) is 4.29. The molecule has 2 heteroatoms. The summed E-state index contributed by atoms with van der Waals surface area (Å²) in [5, 5.41) is 0. The van der Waals surface area contributed by atoms with E-state index in [0.29, 0.717) is 0 Å². The Morgan fingerprint density at radius 2 is 2.00 bits per heavy atom. The van der Waals surface area contributed by atoms with Crippen molar-refractivity contribution in [2.24, 2.45) is 16.9 Å². The van der Waals surface area contributed by atoms with Gasteiger partial charge in [-0.25, -0.2) is 0 Å². The van der Waals surface area contributed by atoms with Gasteiger partial charge in [0.2, 0.25) is 0 Å². The van der Waals surface area contributed by atoms with Crippen molar-refractivity contribution < 1.29 is 0 Å². The van der Waals surface area contributed by atoms with Gasteiger partial charge in [-0.1, -0.05) is 32.9 Å². The summed E-state index contributed by atoms with van der Waals surface area (Å²) >= 11 is 0. The normalized spacial score (nSPS) is 30.2. The van der Waals surface area contributed by atoms with Crippen molar-refractivity contribution in [3.05, 3.63) is 23.9 Å². The molecule has 0 fully saturated rings. The highest BCUT2D eigenvalue weighted by molar-refractivity contribution is 5.28. The molecule has 2 nitrogen and oxygen atoms in total. The molecule has 0 aliphatic heterocycles. The second-order valence-corrected chi connectivity index (χ2v) is 4.53. The molecule has 1 aliphatic carbocycles. The SMILES string of the molecule is CC(C)(C)C1(N)C=CC(N)=CC1. The quantitative estimate of drug-likeness (QED) is 0.573. The van der Waals surface area contributed by atoms with E-state index in [1.807, 2.05) is 18.2 Å². The predicted octanol–water partition coefficient (Wildman–Crippen LogP) is 1.53. The lowest BCUT2D eigenvalue weighted by Crippen LogP contribution is -2.50. The smallest absolute Gasteiger partial charge is 0.0427 e. The van der Waals surface area contributed by atoms with E-state index in [2.05, 4.69) is 20.8 Å². The van der Waals surface area contributed by atoms with Crippen LogP contribution in [0.15, 0.2) is 23.9 Å². The Bertz CT molecular complexity index is 233. The summed E-state index contributed by atoms with van der Waals surface area (Å²) in [5.74, 6) is 0. The average Bonchev–Trinajstić information content (AvgIpc) is 1.93. The van der Waals surface area contributed by atoms with Crippen molar-refractivity contribution in [2.75, 3.05) is 0 Å². The first kappa shape index (κ1) is 9.33. The van der Waals surface area contributed by atoms with Gasteiger partial charge in [-0.3, -0.25) is 0 Å². The van der Waals surface area contributed by atoms with Crippen molar-refractivity contribution in [1.82, 2.24) is 0 Å². The Morgan fingerprint density at radius 1 is 1.42 bits per heavy atom. The number of hydrogen-bond acceptors (Lipinski definition) is 2. The van der Waals surface area contributed by atoms with Gasteiger partial charge in [-0.05, 0) is 17.9 Å². The highest BCUT2D eigenvalue weighted by atomic mass is 14.8. The molecule has 1 atom stereocenters. The molecule has 0 saturated heterocycles. The topological polar surface area (TPSA) is 52.0 Å². The molecule has 0 spiro atoms. The monoisotopic (exact) mass is 166 g/mol. The van der Waals surface area contributed by atoms with Crippen molar-refractivity contribution in [3.63, 3.8) is 0 Å². The Balaban J connectivity index is 2.86. The van der Waals surface area contributed by atoms with E-state index in [4.69, 9.17) is 11.5 Å². The highest BCUT2D eigenvalue weighted by Gasteiger charge is 2.35. The minimum atomic E-state index is -0.240. The third-order valence-corrected chi connectivity index (χ3v) is 2.65. The molecular formula is C10H18N2. The summed E-state index contributed by atoms with van der Waals surface area (Å²) in [7, 11) is 0. The minimum absolute atomic E-state index is 0.0840. The first-order valence-electron chi connectivity index (χ1n) is 4.29. The van der Waals surface area contributed by atoms with Crippen molar-refractivity contribution in [1.29, 1.82) is 0 Å². The Labute approximate surface area is 74.3 Å². The number of hydrogen-bond donors (Lipinski definition) is 2. The van der Waals surface area contributed by atoms with Gasteiger partial charge in [0.25, 0.3) is 0 Å². The van der Waals surface area contributed by atoms with E-state index in [1.54, 1.807) is 0 Å². The Hall–Kier alpha value is -0.760. The zero-order chi connectivity index (χ0) is 9.41. The number of rotatable bonds is 0. The predicted molar refractivity (Wildman–Crippen MR) is 52.4 cm³/mol. The summed E-state index contributed by atoms with van der Waals surface area (Å²) < 4.78 is 0. The Morgan fingerprint density at radius 3 is 2.33 bits per heavy atom. The summed E-state index contributed by atoms with van der Waals surface area (Å²) in [4.78, 5) is 0. The van der Waals surface area contributed by atoms with E-state index in [-0.39, 0.29) is 11.0 Å². The van der Waals surface area contributed by atoms with Gasteiger partial charge in [0, 0.05) is 11.2 Å². The lowest BCUT2D eigenvalue weighted by Gasteiger charge is -2.40. The van der Waals surface area contributed by atoms with Gasteiger partial charge in [0.05, 0.1) is 0 Å². The van der Waals surface area contributed by atoms with Gasteiger partial charge in [-0.15, -0.1) is 0 Å². The van der Waals surface area contributed by atoms with Crippen LogP contribution in [-0.4, -0.2) is 5.54 Å². The molecule has 68 valence electrons. The molecule has 1 unspecified atom stereocenters. The zero-order valence-electron chi connectivity index (χ0n) is 8.09. The van der Waals surface area contributed by atoms with E-state index in [0.717, 1.165) is 12.1 Å². The third-order valence-electron chi connectivity index (χ3n) is 2.65. The molecule has 0 radical (unpaired) electrons. The summed E-state index contributed by atoms with van der Waals surface area (Å²) in [6.07, 6.45) is 6.74. The third kappa shape index (κ3) is 1.53. The van der Waals surface area contributed by atoms with Crippen molar-refractivity contribution in [2.45, 2.75) is 32.7 Å². The molecule has 4 N–H and O–H groups in total. The standard InChI is InChI=1S/C10H18N2/c1-9(2,3)10(12)6-4-8(11)5-7-10/h4-6H,7,11-12H2,1-3H3. The van der Waals surface area contributed by atoms with Crippen LogP contribution >= 0.6 is 0 Å². The molecule has 0 aromatic carbocycles. The summed E-state index contributed by atoms with van der Waals surface area (Å²) in [6, 6.07) is 0. The maximum atomic E-state index is 6.21. The number of allylic oxidation sites excluding steroid dienone is 1. The number of nitrogens with two attached hydrogens (primary N) is 2. The second kappa shape index (κ2) is 2.63. The Kier molecular flexibility index (Phi) is 2.04. The lowest BCUT2D eigenvalue weighted by atomic mass is 9.70. The van der Waals surface area contributed by atoms with Crippen LogP contribution in [0.4, 0.5) is 0 Å². The summed E-state index contributed by atoms with van der Waals surface area (Å²) in [5.41, 5.74) is 12.5. The van der Waals surface area contributed by atoms with E-state index in [9.17, 15) is 0 Å². The van der Waals surface area contributed by atoms with E-state index in [1.165, 1.54) is 0 Å². The molecular weight excluding hydrogens is 148 g/mol. The maximum absolute atomic E-state index is 6.21. The molecule has 0 heterocycles. The van der Waals surface area contributed by atoms with E-state index >= 15 is 0 Å². The van der Waals surface area contributed by atoms with Crippen LogP contribution in [-0.2, 0) is 0 Å².